The fraction of sp³-hybridized carbons (Fsp3) is 0.133. The summed E-state index contributed by atoms with van der Waals surface area (Å²) in [6.07, 6.45) is 0.411. The van der Waals surface area contributed by atoms with Crippen LogP contribution in [0, 0.1) is 6.92 Å². The zero-order valence-electron chi connectivity index (χ0n) is 9.81. The van der Waals surface area contributed by atoms with Crippen LogP contribution in [0.2, 0.25) is 0 Å². The van der Waals surface area contributed by atoms with E-state index in [1.165, 1.54) is 5.56 Å². The predicted molar refractivity (Wildman–Crippen MR) is 72.1 cm³/mol. The van der Waals surface area contributed by atoms with Gasteiger partial charge in [0.05, 0.1) is 6.42 Å². The van der Waals surface area contributed by atoms with Crippen LogP contribution in [0.4, 0.5) is 5.69 Å². The van der Waals surface area contributed by atoms with Crippen LogP contribution in [-0.2, 0) is 11.2 Å². The molecular formula is C15H17NO. The molecule has 17 heavy (non-hydrogen) atoms. The Morgan fingerprint density at radius 1 is 1.06 bits per heavy atom. The molecule has 0 fully saturated rings. The topological polar surface area (TPSA) is 29.1 Å². The van der Waals surface area contributed by atoms with Crippen molar-refractivity contribution in [1.29, 1.82) is 0 Å². The highest BCUT2D eigenvalue weighted by Crippen LogP contribution is 2.09. The summed E-state index contributed by atoms with van der Waals surface area (Å²) in [4.78, 5) is 11.8. The Balaban J connectivity index is 0.00000162. The van der Waals surface area contributed by atoms with Crippen LogP contribution in [0.5, 0.6) is 0 Å². The number of carbonyl (C=O) groups excluding carboxylic acids is 1. The van der Waals surface area contributed by atoms with E-state index in [-0.39, 0.29) is 7.33 Å². The van der Waals surface area contributed by atoms with Crippen LogP contribution in [0.3, 0.4) is 0 Å². The van der Waals surface area contributed by atoms with E-state index in [2.05, 4.69) is 5.32 Å². The summed E-state index contributed by atoms with van der Waals surface area (Å²) in [6.45, 7) is 2.02. The van der Waals surface area contributed by atoms with Crippen molar-refractivity contribution in [2.24, 2.45) is 0 Å². The van der Waals surface area contributed by atoms with E-state index in [0.717, 1.165) is 11.3 Å². The number of hydrogen-bond donors (Lipinski definition) is 1. The first-order chi connectivity index (χ1) is 8.24. The average molecular weight is 227 g/mol. The fourth-order valence-electron chi connectivity index (χ4n) is 1.62. The van der Waals surface area contributed by atoms with Gasteiger partial charge < -0.3 is 5.32 Å². The number of amides is 1. The molecule has 0 aliphatic carbocycles. The average Bonchev–Trinajstić information content (AvgIpc) is 2.33. The molecule has 88 valence electrons. The van der Waals surface area contributed by atoms with Gasteiger partial charge in [0.1, 0.15) is 0 Å². The zero-order valence-corrected chi connectivity index (χ0v) is 9.81. The van der Waals surface area contributed by atoms with Gasteiger partial charge in [0, 0.05) is 7.11 Å². The molecule has 1 amide bonds. The summed E-state index contributed by atoms with van der Waals surface area (Å²) in [5, 5.41) is 2.88. The Bertz CT molecular complexity index is 494. The lowest BCUT2D eigenvalue weighted by atomic mass is 10.1. The second-order valence-electron chi connectivity index (χ2n) is 4.08. The van der Waals surface area contributed by atoms with Crippen molar-refractivity contribution in [3.8, 4) is 0 Å². The van der Waals surface area contributed by atoms with E-state index in [4.69, 9.17) is 0 Å². The monoisotopic (exact) mass is 227 g/mol. The fourth-order valence-corrected chi connectivity index (χ4v) is 1.62. The van der Waals surface area contributed by atoms with Crippen molar-refractivity contribution >= 4 is 11.6 Å². The van der Waals surface area contributed by atoms with E-state index in [9.17, 15) is 4.79 Å². The second-order valence-corrected chi connectivity index (χ2v) is 4.08. The number of anilines is 1. The largest absolute Gasteiger partial charge is 0.326 e. The van der Waals surface area contributed by atoms with Crippen LogP contribution >= 0.6 is 0 Å². The Morgan fingerprint density at radius 2 is 1.71 bits per heavy atom. The highest BCUT2D eigenvalue weighted by atomic mass is 16.1. The Kier molecular flexibility index (Phi) is 3.55. The molecule has 2 rings (SSSR count). The maximum Gasteiger partial charge on any atom is 0.228 e. The van der Waals surface area contributed by atoms with Crippen molar-refractivity contribution in [2.45, 2.75) is 13.3 Å². The van der Waals surface area contributed by atoms with Gasteiger partial charge in [-0.15, -0.1) is 0 Å². The highest BCUT2D eigenvalue weighted by molar-refractivity contribution is 5.92. The van der Waals surface area contributed by atoms with Crippen molar-refractivity contribution in [2.75, 3.05) is 5.32 Å². The molecule has 0 saturated heterocycles. The van der Waals surface area contributed by atoms with Gasteiger partial charge in [-0.05, 0) is 24.6 Å². The van der Waals surface area contributed by atoms with E-state index in [0.29, 0.717) is 6.42 Å². The molecule has 0 spiro atoms. The molecule has 0 radical (unpaired) electrons. The van der Waals surface area contributed by atoms with Crippen LogP contribution < -0.4 is 5.32 Å². The van der Waals surface area contributed by atoms with Crippen LogP contribution in [0.25, 0.3) is 0 Å². The standard InChI is InChI=1S/C15H15NO.H2/c1-12-7-9-14(10-8-12)16-15(17)11-13-5-3-2-4-6-13;/h2-10H,11H2,1H3,(H,16,17);1H. The lowest BCUT2D eigenvalue weighted by Gasteiger charge is -2.05. The lowest BCUT2D eigenvalue weighted by molar-refractivity contribution is -0.115. The molecular weight excluding hydrogens is 210 g/mol. The van der Waals surface area contributed by atoms with E-state index >= 15 is 0 Å². The van der Waals surface area contributed by atoms with E-state index in [1.54, 1.807) is 0 Å². The maximum absolute atomic E-state index is 11.8. The summed E-state index contributed by atoms with van der Waals surface area (Å²) >= 11 is 0. The highest BCUT2D eigenvalue weighted by Gasteiger charge is 2.03. The second kappa shape index (κ2) is 5.30. The normalized spacial score (nSPS) is 9.94. The van der Waals surface area contributed by atoms with Gasteiger partial charge in [-0.3, -0.25) is 4.79 Å². The Morgan fingerprint density at radius 3 is 2.35 bits per heavy atom. The minimum atomic E-state index is 0. The van der Waals surface area contributed by atoms with Gasteiger partial charge in [-0.25, -0.2) is 0 Å². The summed E-state index contributed by atoms with van der Waals surface area (Å²) in [5.74, 6) is 0.0139. The molecule has 1 N–H and O–H groups in total. The third kappa shape index (κ3) is 3.45. The SMILES string of the molecule is Cc1ccc(NC(=O)Cc2ccccc2)cc1.[HH]. The minimum absolute atomic E-state index is 0. The third-order valence-corrected chi connectivity index (χ3v) is 2.54. The smallest absolute Gasteiger partial charge is 0.228 e. The molecule has 0 atom stereocenters. The van der Waals surface area contributed by atoms with E-state index in [1.807, 2.05) is 61.5 Å². The Hall–Kier alpha value is -2.09. The molecule has 2 aromatic carbocycles. The first-order valence-corrected chi connectivity index (χ1v) is 5.64. The van der Waals surface area contributed by atoms with Gasteiger partial charge in [-0.1, -0.05) is 48.0 Å². The van der Waals surface area contributed by atoms with Crippen LogP contribution in [0.15, 0.2) is 54.6 Å². The molecule has 0 aromatic heterocycles. The van der Waals surface area contributed by atoms with Gasteiger partial charge >= 0.3 is 0 Å². The summed E-state index contributed by atoms with van der Waals surface area (Å²) in [7, 11) is 0. The quantitative estimate of drug-likeness (QED) is 0.855. The molecule has 0 aliphatic rings. The number of carbonyl (C=O) groups is 1. The molecule has 0 bridgehead atoms. The molecule has 2 heteroatoms. The summed E-state index contributed by atoms with van der Waals surface area (Å²) in [6, 6.07) is 17.5. The molecule has 0 heterocycles. The molecule has 0 aliphatic heterocycles. The number of rotatable bonds is 3. The predicted octanol–water partition coefficient (Wildman–Crippen LogP) is 3.42. The maximum atomic E-state index is 11.8. The van der Waals surface area contributed by atoms with Crippen molar-refractivity contribution in [3.63, 3.8) is 0 Å². The van der Waals surface area contributed by atoms with Crippen LogP contribution in [-0.4, -0.2) is 5.91 Å². The van der Waals surface area contributed by atoms with Gasteiger partial charge in [0.25, 0.3) is 0 Å². The number of benzene rings is 2. The number of nitrogens with one attached hydrogen (secondary N) is 1. The molecule has 0 unspecified atom stereocenters. The minimum Gasteiger partial charge on any atom is -0.326 e. The number of aryl methyl sites for hydroxylation is 1. The first-order valence-electron chi connectivity index (χ1n) is 5.64. The number of hydrogen-bond acceptors (Lipinski definition) is 1. The summed E-state index contributed by atoms with van der Waals surface area (Å²) in [5.41, 5.74) is 3.06. The first kappa shape index (κ1) is 11.4. The van der Waals surface area contributed by atoms with Crippen molar-refractivity contribution in [3.05, 3.63) is 65.7 Å². The third-order valence-electron chi connectivity index (χ3n) is 2.54. The van der Waals surface area contributed by atoms with Crippen molar-refractivity contribution < 1.29 is 6.22 Å². The van der Waals surface area contributed by atoms with Gasteiger partial charge in [-0.2, -0.15) is 0 Å². The van der Waals surface area contributed by atoms with Crippen LogP contribution in [0.1, 0.15) is 12.6 Å². The van der Waals surface area contributed by atoms with Crippen molar-refractivity contribution in [1.82, 2.24) is 0 Å². The molecule has 2 aromatic rings. The molecule has 2 nitrogen and oxygen atoms in total. The van der Waals surface area contributed by atoms with E-state index < -0.39 is 0 Å². The Labute approximate surface area is 103 Å². The van der Waals surface area contributed by atoms with Gasteiger partial charge in [0.2, 0.25) is 5.91 Å². The van der Waals surface area contributed by atoms with Gasteiger partial charge in [0.15, 0.2) is 0 Å². The lowest BCUT2D eigenvalue weighted by Crippen LogP contribution is -2.14. The zero-order chi connectivity index (χ0) is 12.1. The molecule has 0 saturated carbocycles. The summed E-state index contributed by atoms with van der Waals surface area (Å²) < 4.78 is 0.